The SMILES string of the molecule is Cc1ccc2c(c1-c1ccc([Si](C)(C)C)cc1)C=C(c1occ3ccccc13)C2. The van der Waals surface area contributed by atoms with E-state index in [1.54, 1.807) is 0 Å². The van der Waals surface area contributed by atoms with Crippen LogP contribution >= 0.6 is 0 Å². The summed E-state index contributed by atoms with van der Waals surface area (Å²) in [6, 6.07) is 22.2. The molecule has 0 saturated heterocycles. The van der Waals surface area contributed by atoms with Gasteiger partial charge in [0.05, 0.1) is 14.3 Å². The molecular weight excluding hydrogens is 368 g/mol. The van der Waals surface area contributed by atoms with Gasteiger partial charge in [0, 0.05) is 22.8 Å². The number of fused-ring (bicyclic) bond motifs is 2. The van der Waals surface area contributed by atoms with E-state index in [4.69, 9.17) is 4.42 Å². The van der Waals surface area contributed by atoms with Crippen LogP contribution in [0.1, 0.15) is 22.5 Å². The molecule has 1 heterocycles. The van der Waals surface area contributed by atoms with Crippen molar-refractivity contribution in [1.29, 1.82) is 0 Å². The van der Waals surface area contributed by atoms with Gasteiger partial charge in [0.1, 0.15) is 5.76 Å². The van der Waals surface area contributed by atoms with Crippen molar-refractivity contribution in [2.75, 3.05) is 0 Å². The van der Waals surface area contributed by atoms with Crippen molar-refractivity contribution in [3.63, 3.8) is 0 Å². The van der Waals surface area contributed by atoms with Crippen LogP contribution in [0.3, 0.4) is 0 Å². The Kier molecular flexibility index (Phi) is 4.14. The molecule has 0 aliphatic heterocycles. The van der Waals surface area contributed by atoms with E-state index in [0.717, 1.165) is 17.6 Å². The van der Waals surface area contributed by atoms with Crippen LogP contribution in [0.2, 0.25) is 19.6 Å². The molecule has 1 aromatic heterocycles. The molecule has 29 heavy (non-hydrogen) atoms. The van der Waals surface area contributed by atoms with E-state index in [-0.39, 0.29) is 0 Å². The molecule has 0 radical (unpaired) electrons. The van der Waals surface area contributed by atoms with Crippen LogP contribution in [0.5, 0.6) is 0 Å². The van der Waals surface area contributed by atoms with Gasteiger partial charge in [-0.3, -0.25) is 0 Å². The first-order valence-electron chi connectivity index (χ1n) is 10.3. The van der Waals surface area contributed by atoms with Crippen LogP contribution in [0.15, 0.2) is 71.3 Å². The number of furan rings is 1. The van der Waals surface area contributed by atoms with Crippen LogP contribution < -0.4 is 5.19 Å². The van der Waals surface area contributed by atoms with E-state index in [2.05, 4.69) is 93.3 Å². The molecule has 2 heteroatoms. The second kappa shape index (κ2) is 6.60. The zero-order valence-corrected chi connectivity index (χ0v) is 18.5. The van der Waals surface area contributed by atoms with Gasteiger partial charge in [-0.05, 0) is 40.8 Å². The lowest BCUT2D eigenvalue weighted by Crippen LogP contribution is -2.37. The maximum absolute atomic E-state index is 6.00. The highest BCUT2D eigenvalue weighted by atomic mass is 28.3. The maximum atomic E-state index is 6.00. The van der Waals surface area contributed by atoms with Crippen LogP contribution in [-0.2, 0) is 6.42 Å². The molecule has 5 rings (SSSR count). The normalized spacial score (nSPS) is 13.6. The van der Waals surface area contributed by atoms with Gasteiger partial charge in [-0.15, -0.1) is 0 Å². The molecule has 0 unspecified atom stereocenters. The Morgan fingerprint density at radius 1 is 0.862 bits per heavy atom. The molecule has 0 saturated carbocycles. The van der Waals surface area contributed by atoms with E-state index in [9.17, 15) is 0 Å². The van der Waals surface area contributed by atoms with Crippen molar-refractivity contribution < 1.29 is 4.42 Å². The summed E-state index contributed by atoms with van der Waals surface area (Å²) in [5, 5.41) is 3.87. The minimum atomic E-state index is -1.29. The Hall–Kier alpha value is -2.84. The smallest absolute Gasteiger partial charge is 0.138 e. The van der Waals surface area contributed by atoms with Crippen LogP contribution in [0.4, 0.5) is 0 Å². The summed E-state index contributed by atoms with van der Waals surface area (Å²) in [5.41, 5.74) is 7.99. The fourth-order valence-electron chi connectivity index (χ4n) is 4.43. The lowest BCUT2D eigenvalue weighted by atomic mass is 9.93. The third kappa shape index (κ3) is 3.08. The van der Waals surface area contributed by atoms with Crippen molar-refractivity contribution >= 4 is 35.7 Å². The van der Waals surface area contributed by atoms with Crippen LogP contribution in [-0.4, -0.2) is 8.07 Å². The molecule has 4 aromatic rings. The van der Waals surface area contributed by atoms with Crippen molar-refractivity contribution in [2.45, 2.75) is 33.0 Å². The Morgan fingerprint density at radius 2 is 1.62 bits per heavy atom. The first kappa shape index (κ1) is 18.2. The summed E-state index contributed by atoms with van der Waals surface area (Å²) in [7, 11) is -1.29. The zero-order valence-electron chi connectivity index (χ0n) is 17.5. The van der Waals surface area contributed by atoms with E-state index >= 15 is 0 Å². The molecule has 0 N–H and O–H groups in total. The minimum Gasteiger partial charge on any atom is -0.463 e. The Bertz CT molecular complexity index is 1250. The highest BCUT2D eigenvalue weighted by Gasteiger charge is 2.23. The Morgan fingerprint density at radius 3 is 2.38 bits per heavy atom. The molecule has 0 spiro atoms. The zero-order chi connectivity index (χ0) is 20.2. The Labute approximate surface area is 173 Å². The molecule has 3 aromatic carbocycles. The number of aryl methyl sites for hydroxylation is 1. The fourth-order valence-corrected chi connectivity index (χ4v) is 5.59. The second-order valence-electron chi connectivity index (χ2n) is 9.16. The van der Waals surface area contributed by atoms with Gasteiger partial charge >= 0.3 is 0 Å². The van der Waals surface area contributed by atoms with E-state index in [0.29, 0.717) is 0 Å². The predicted molar refractivity (Wildman–Crippen MR) is 127 cm³/mol. The maximum Gasteiger partial charge on any atom is 0.138 e. The van der Waals surface area contributed by atoms with E-state index < -0.39 is 8.07 Å². The largest absolute Gasteiger partial charge is 0.463 e. The van der Waals surface area contributed by atoms with Crippen molar-refractivity contribution in [1.82, 2.24) is 0 Å². The van der Waals surface area contributed by atoms with Gasteiger partial charge in [0.2, 0.25) is 0 Å². The van der Waals surface area contributed by atoms with Gasteiger partial charge < -0.3 is 4.42 Å². The third-order valence-corrected chi connectivity index (χ3v) is 8.15. The van der Waals surface area contributed by atoms with Crippen LogP contribution in [0.25, 0.3) is 33.5 Å². The highest BCUT2D eigenvalue weighted by Crippen LogP contribution is 2.41. The predicted octanol–water partition coefficient (Wildman–Crippen LogP) is 7.05. The second-order valence-corrected chi connectivity index (χ2v) is 14.2. The standard InChI is InChI=1S/C27H26OSi/c1-18-9-10-20-15-22(27-24-8-6-5-7-21(24)17-28-27)16-25(20)26(18)19-11-13-23(14-12-19)29(2,3)4/h5-14,16-17H,15H2,1-4H3. The highest BCUT2D eigenvalue weighted by molar-refractivity contribution is 6.88. The average Bonchev–Trinajstić information content (AvgIpc) is 3.31. The number of hydrogen-bond acceptors (Lipinski definition) is 1. The summed E-state index contributed by atoms with van der Waals surface area (Å²) in [4.78, 5) is 0. The molecule has 0 amide bonds. The molecule has 1 aliphatic rings. The molecule has 1 nitrogen and oxygen atoms in total. The first-order chi connectivity index (χ1) is 13.9. The molecule has 1 aliphatic carbocycles. The van der Waals surface area contributed by atoms with Gasteiger partial charge in [-0.25, -0.2) is 0 Å². The van der Waals surface area contributed by atoms with Gasteiger partial charge in [0.25, 0.3) is 0 Å². The number of hydrogen-bond donors (Lipinski definition) is 0. The summed E-state index contributed by atoms with van der Waals surface area (Å²) in [5.74, 6) is 1.01. The summed E-state index contributed by atoms with van der Waals surface area (Å²) < 4.78 is 6.00. The molecule has 0 atom stereocenters. The molecule has 144 valence electrons. The summed E-state index contributed by atoms with van der Waals surface area (Å²) in [6.07, 6.45) is 5.14. The lowest BCUT2D eigenvalue weighted by molar-refractivity contribution is 0.557. The lowest BCUT2D eigenvalue weighted by Gasteiger charge is -2.18. The molecular formula is C27H26OSi. The first-order valence-corrected chi connectivity index (χ1v) is 13.8. The summed E-state index contributed by atoms with van der Waals surface area (Å²) in [6.45, 7) is 9.42. The Balaban J connectivity index is 1.62. The fraction of sp³-hybridized carbons (Fsp3) is 0.185. The van der Waals surface area contributed by atoms with Crippen molar-refractivity contribution in [3.05, 3.63) is 89.4 Å². The van der Waals surface area contributed by atoms with Crippen LogP contribution in [0, 0.1) is 6.92 Å². The van der Waals surface area contributed by atoms with Crippen molar-refractivity contribution in [2.24, 2.45) is 0 Å². The van der Waals surface area contributed by atoms with Gasteiger partial charge in [-0.1, -0.05) is 85.5 Å². The average molecular weight is 395 g/mol. The number of allylic oxidation sites excluding steroid dienone is 1. The third-order valence-electron chi connectivity index (χ3n) is 6.08. The van der Waals surface area contributed by atoms with Gasteiger partial charge in [0.15, 0.2) is 0 Å². The summed E-state index contributed by atoms with van der Waals surface area (Å²) >= 11 is 0. The van der Waals surface area contributed by atoms with Gasteiger partial charge in [-0.2, -0.15) is 0 Å². The molecule has 0 bridgehead atoms. The van der Waals surface area contributed by atoms with E-state index in [1.807, 2.05) is 6.26 Å². The quantitative estimate of drug-likeness (QED) is 0.339. The van der Waals surface area contributed by atoms with E-state index in [1.165, 1.54) is 44.0 Å². The monoisotopic (exact) mass is 394 g/mol. The number of rotatable bonds is 3. The molecule has 0 fully saturated rings. The van der Waals surface area contributed by atoms with Crippen molar-refractivity contribution in [3.8, 4) is 11.1 Å². The minimum absolute atomic E-state index is 0.924. The number of benzene rings is 3. The topological polar surface area (TPSA) is 13.1 Å².